The van der Waals surface area contributed by atoms with Crippen molar-refractivity contribution in [2.24, 2.45) is 5.73 Å². The Bertz CT molecular complexity index is 960. The van der Waals surface area contributed by atoms with E-state index in [1.165, 1.54) is 19.4 Å². The second-order valence-electron chi connectivity index (χ2n) is 6.34. The maximum Gasteiger partial charge on any atom is 0.254 e. The number of nitrogens with one attached hydrogen (secondary N) is 1. The van der Waals surface area contributed by atoms with Crippen molar-refractivity contribution in [3.63, 3.8) is 0 Å². The highest BCUT2D eigenvalue weighted by atomic mass is 16.5. The zero-order chi connectivity index (χ0) is 18.4. The first-order valence-corrected chi connectivity index (χ1v) is 8.28. The maximum absolute atomic E-state index is 12.7. The number of nitrogens with two attached hydrogens (primary N) is 1. The highest BCUT2D eigenvalue weighted by Gasteiger charge is 2.37. The van der Waals surface area contributed by atoms with Crippen molar-refractivity contribution in [3.05, 3.63) is 46.8 Å². The van der Waals surface area contributed by atoms with Crippen molar-refractivity contribution in [1.29, 1.82) is 0 Å². The number of phenolic OH excluding ortho intramolecular Hbond substituents is 1. The summed E-state index contributed by atoms with van der Waals surface area (Å²) in [6, 6.07) is 4.39. The largest absolute Gasteiger partial charge is 0.504 e. The van der Waals surface area contributed by atoms with Gasteiger partial charge in [-0.05, 0) is 30.5 Å². The smallest absolute Gasteiger partial charge is 0.254 e. The Labute approximate surface area is 149 Å². The van der Waals surface area contributed by atoms with E-state index in [4.69, 9.17) is 10.5 Å². The first-order chi connectivity index (χ1) is 12.5. The number of benzene rings is 1. The molecule has 0 spiro atoms. The van der Waals surface area contributed by atoms with E-state index >= 15 is 0 Å². The van der Waals surface area contributed by atoms with E-state index in [0.717, 1.165) is 17.7 Å². The number of nitrogens with zero attached hydrogens (tertiary/aromatic N) is 2. The summed E-state index contributed by atoms with van der Waals surface area (Å²) in [5.41, 5.74) is 7.86. The molecule has 0 bridgehead atoms. The molecule has 0 radical (unpaired) electrons. The molecule has 1 unspecified atom stereocenters. The molecule has 4 N–H and O–H groups in total. The third-order valence-corrected chi connectivity index (χ3v) is 4.82. The molecule has 26 heavy (non-hydrogen) atoms. The monoisotopic (exact) mass is 354 g/mol. The number of anilines is 1. The first-order valence-electron chi connectivity index (χ1n) is 8.28. The second-order valence-corrected chi connectivity index (χ2v) is 6.34. The minimum absolute atomic E-state index is 0.00729. The Morgan fingerprint density at radius 1 is 1.42 bits per heavy atom. The minimum Gasteiger partial charge on any atom is -0.504 e. The first kappa shape index (κ1) is 16.2. The van der Waals surface area contributed by atoms with Crippen molar-refractivity contribution < 1.29 is 19.4 Å². The Balaban J connectivity index is 1.94. The lowest BCUT2D eigenvalue weighted by Crippen LogP contribution is -2.32. The summed E-state index contributed by atoms with van der Waals surface area (Å²) < 4.78 is 6.79. The highest BCUT2D eigenvalue weighted by molar-refractivity contribution is 6.02. The number of primary amides is 1. The number of ether oxygens (including phenoxy) is 1. The van der Waals surface area contributed by atoms with Crippen molar-refractivity contribution in [2.75, 3.05) is 12.4 Å². The van der Waals surface area contributed by atoms with Crippen molar-refractivity contribution in [3.8, 4) is 11.5 Å². The number of carbonyl (C=O) groups excluding carboxylic acids is 2. The van der Waals surface area contributed by atoms with Crippen LogP contribution in [-0.2, 0) is 4.79 Å². The normalized spacial score (nSPS) is 18.8. The predicted octanol–water partition coefficient (Wildman–Crippen LogP) is 1.72. The van der Waals surface area contributed by atoms with Gasteiger partial charge in [-0.3, -0.25) is 9.59 Å². The predicted molar refractivity (Wildman–Crippen MR) is 93.0 cm³/mol. The Kier molecular flexibility index (Phi) is 3.68. The summed E-state index contributed by atoms with van der Waals surface area (Å²) >= 11 is 0. The van der Waals surface area contributed by atoms with Gasteiger partial charge >= 0.3 is 0 Å². The molecule has 0 fully saturated rings. The summed E-state index contributed by atoms with van der Waals surface area (Å²) in [7, 11) is 1.46. The van der Waals surface area contributed by atoms with Gasteiger partial charge in [0.15, 0.2) is 17.3 Å². The summed E-state index contributed by atoms with van der Waals surface area (Å²) in [5.74, 6) is 0.232. The van der Waals surface area contributed by atoms with Gasteiger partial charge < -0.3 is 20.9 Å². The summed E-state index contributed by atoms with van der Waals surface area (Å²) in [4.78, 5) is 24.4. The summed E-state index contributed by atoms with van der Waals surface area (Å²) in [6.45, 7) is 0. The molecule has 8 nitrogen and oxygen atoms in total. The number of carbonyl (C=O) groups is 2. The molecule has 134 valence electrons. The van der Waals surface area contributed by atoms with Gasteiger partial charge in [-0.1, -0.05) is 6.07 Å². The fourth-order valence-corrected chi connectivity index (χ4v) is 3.61. The van der Waals surface area contributed by atoms with Crippen LogP contribution in [0.2, 0.25) is 0 Å². The average Bonchev–Trinajstić information content (AvgIpc) is 3.04. The van der Waals surface area contributed by atoms with E-state index in [9.17, 15) is 14.7 Å². The number of Topliss-reactive ketones (excluding diaryl/α,β-unsaturated/α-hetero) is 1. The topological polar surface area (TPSA) is 119 Å². The summed E-state index contributed by atoms with van der Waals surface area (Å²) in [6.07, 6.45) is 3.32. The van der Waals surface area contributed by atoms with Crippen LogP contribution < -0.4 is 15.8 Å². The minimum atomic E-state index is -0.591. The number of allylic oxidation sites excluding steroid dienone is 2. The third-order valence-electron chi connectivity index (χ3n) is 4.82. The lowest BCUT2D eigenvalue weighted by atomic mass is 9.85. The molecule has 1 amide bonds. The third kappa shape index (κ3) is 2.33. The number of rotatable bonds is 3. The molecular formula is C18H18N4O4. The molecule has 4 rings (SSSR count). The Morgan fingerprint density at radius 2 is 2.23 bits per heavy atom. The Hall–Kier alpha value is -3.29. The number of hydrogen-bond donors (Lipinski definition) is 3. The number of amides is 1. The molecule has 0 saturated heterocycles. The number of fused-ring (bicyclic) bond motifs is 1. The SMILES string of the molecule is COc1cc(C2C3=C(CCCC3=O)Nc3c(C(N)=O)cnn32)ccc1O. The molecule has 1 atom stereocenters. The molecule has 2 aliphatic rings. The standard InChI is InChI=1S/C18H18N4O4/c1-26-14-7-9(5-6-12(14)23)16-15-11(3-2-4-13(15)24)21-18-10(17(19)25)8-20-22(16)18/h5-8,16,21,23H,2-4H2,1H3,(H2,19,25). The van der Waals surface area contributed by atoms with Crippen molar-refractivity contribution >= 4 is 17.5 Å². The van der Waals surface area contributed by atoms with Crippen molar-refractivity contribution in [2.45, 2.75) is 25.3 Å². The number of ketones is 1. The van der Waals surface area contributed by atoms with Crippen LogP contribution in [0.3, 0.4) is 0 Å². The average molecular weight is 354 g/mol. The van der Waals surface area contributed by atoms with E-state index in [1.807, 2.05) is 0 Å². The van der Waals surface area contributed by atoms with Gasteiger partial charge in [-0.25, -0.2) is 4.68 Å². The quantitative estimate of drug-likeness (QED) is 0.772. The number of methoxy groups -OCH3 is 1. The van der Waals surface area contributed by atoms with Crippen LogP contribution in [0, 0.1) is 0 Å². The Morgan fingerprint density at radius 3 is 2.96 bits per heavy atom. The van der Waals surface area contributed by atoms with Gasteiger partial charge in [0.1, 0.15) is 17.4 Å². The number of phenols is 1. The summed E-state index contributed by atoms with van der Waals surface area (Å²) in [5, 5.41) is 17.4. The molecule has 1 aliphatic heterocycles. The van der Waals surface area contributed by atoms with Crippen LogP contribution in [0.4, 0.5) is 5.82 Å². The van der Waals surface area contributed by atoms with Crippen LogP contribution in [0.1, 0.15) is 41.2 Å². The van der Waals surface area contributed by atoms with Crippen LogP contribution in [-0.4, -0.2) is 33.7 Å². The van der Waals surface area contributed by atoms with Gasteiger partial charge in [0.05, 0.1) is 13.3 Å². The molecule has 0 saturated carbocycles. The zero-order valence-electron chi connectivity index (χ0n) is 14.2. The molecule has 2 aromatic rings. The van der Waals surface area contributed by atoms with E-state index < -0.39 is 11.9 Å². The molecular weight excluding hydrogens is 336 g/mol. The highest BCUT2D eigenvalue weighted by Crippen LogP contribution is 2.43. The van der Waals surface area contributed by atoms with Gasteiger partial charge in [0, 0.05) is 17.7 Å². The number of hydrogen-bond acceptors (Lipinski definition) is 6. The van der Waals surface area contributed by atoms with Crippen LogP contribution in [0.15, 0.2) is 35.7 Å². The van der Waals surface area contributed by atoms with Crippen LogP contribution in [0.5, 0.6) is 11.5 Å². The van der Waals surface area contributed by atoms with E-state index in [0.29, 0.717) is 30.0 Å². The van der Waals surface area contributed by atoms with E-state index in [1.54, 1.807) is 16.8 Å². The van der Waals surface area contributed by atoms with E-state index in [-0.39, 0.29) is 17.1 Å². The van der Waals surface area contributed by atoms with Crippen LogP contribution in [0.25, 0.3) is 0 Å². The van der Waals surface area contributed by atoms with Crippen LogP contribution >= 0.6 is 0 Å². The van der Waals surface area contributed by atoms with Crippen molar-refractivity contribution in [1.82, 2.24) is 9.78 Å². The van der Waals surface area contributed by atoms with E-state index in [2.05, 4.69) is 10.4 Å². The fraction of sp³-hybridized carbons (Fsp3) is 0.278. The second kappa shape index (κ2) is 5.91. The van der Waals surface area contributed by atoms with Gasteiger partial charge in [0.25, 0.3) is 5.91 Å². The molecule has 1 aromatic carbocycles. The molecule has 8 heteroatoms. The van der Waals surface area contributed by atoms with Gasteiger partial charge in [0.2, 0.25) is 0 Å². The number of aromatic nitrogens is 2. The fourth-order valence-electron chi connectivity index (χ4n) is 3.61. The lowest BCUT2D eigenvalue weighted by molar-refractivity contribution is -0.116. The molecule has 2 heterocycles. The number of aromatic hydroxyl groups is 1. The zero-order valence-corrected chi connectivity index (χ0v) is 14.2. The lowest BCUT2D eigenvalue weighted by Gasteiger charge is -2.33. The van der Waals surface area contributed by atoms with Gasteiger partial charge in [-0.15, -0.1) is 0 Å². The molecule has 1 aliphatic carbocycles. The van der Waals surface area contributed by atoms with Gasteiger partial charge in [-0.2, -0.15) is 5.10 Å². The molecule has 1 aromatic heterocycles. The maximum atomic E-state index is 12.7.